The fourth-order valence-corrected chi connectivity index (χ4v) is 2.86. The Morgan fingerprint density at radius 1 is 1.19 bits per heavy atom. The first-order chi connectivity index (χ1) is 12.8. The third-order valence-electron chi connectivity index (χ3n) is 4.39. The summed E-state index contributed by atoms with van der Waals surface area (Å²) in [6, 6.07) is 10.7. The van der Waals surface area contributed by atoms with Gasteiger partial charge in [0.05, 0.1) is 5.69 Å². The molecule has 148 valence electrons. The zero-order valence-corrected chi connectivity index (χ0v) is 17.4. The first kappa shape index (κ1) is 21.0. The molecule has 0 aliphatic carbocycles. The Kier molecular flexibility index (Phi) is 7.42. The van der Waals surface area contributed by atoms with Gasteiger partial charge in [0.2, 0.25) is 5.89 Å². The van der Waals surface area contributed by atoms with Gasteiger partial charge in [-0.05, 0) is 47.1 Å². The average molecular weight is 372 g/mol. The van der Waals surface area contributed by atoms with Gasteiger partial charge in [-0.25, -0.2) is 9.98 Å². The normalized spacial score (nSPS) is 13.5. The Morgan fingerprint density at radius 3 is 2.48 bits per heavy atom. The van der Waals surface area contributed by atoms with Gasteiger partial charge in [-0.1, -0.05) is 30.3 Å². The fraction of sp³-hybridized carbons (Fsp3) is 0.524. The van der Waals surface area contributed by atoms with Crippen molar-refractivity contribution < 1.29 is 4.42 Å². The number of hydrogen-bond acceptors (Lipinski definition) is 4. The van der Waals surface area contributed by atoms with Crippen molar-refractivity contribution in [2.75, 3.05) is 13.1 Å². The SMILES string of the molecule is CCNC(=NCc1nc(C)c(C)o1)NCC(C)(C)NC(C)c1ccccc1. The fourth-order valence-electron chi connectivity index (χ4n) is 2.86. The summed E-state index contributed by atoms with van der Waals surface area (Å²) < 4.78 is 5.60. The number of hydrogen-bond donors (Lipinski definition) is 3. The van der Waals surface area contributed by atoms with E-state index in [-0.39, 0.29) is 11.6 Å². The number of oxazole rings is 1. The summed E-state index contributed by atoms with van der Waals surface area (Å²) in [6.07, 6.45) is 0. The first-order valence-corrected chi connectivity index (χ1v) is 9.58. The number of aliphatic imine (C=N–C) groups is 1. The van der Waals surface area contributed by atoms with E-state index in [1.165, 1.54) is 5.56 Å². The standard InChI is InChI=1S/C21H33N5O/c1-7-22-20(23-13-19-25-15(2)17(4)27-19)24-14-21(5,6)26-16(3)18-11-9-8-10-12-18/h8-12,16,26H,7,13-14H2,1-6H3,(H2,22,23,24). The van der Waals surface area contributed by atoms with E-state index >= 15 is 0 Å². The van der Waals surface area contributed by atoms with Crippen LogP contribution in [0.25, 0.3) is 0 Å². The van der Waals surface area contributed by atoms with Crippen LogP contribution in [0.15, 0.2) is 39.7 Å². The van der Waals surface area contributed by atoms with E-state index in [0.717, 1.165) is 30.5 Å². The summed E-state index contributed by atoms with van der Waals surface area (Å²) >= 11 is 0. The predicted molar refractivity (Wildman–Crippen MR) is 111 cm³/mol. The third-order valence-corrected chi connectivity index (χ3v) is 4.39. The summed E-state index contributed by atoms with van der Waals surface area (Å²) in [5, 5.41) is 10.4. The molecule has 0 fully saturated rings. The molecule has 27 heavy (non-hydrogen) atoms. The van der Waals surface area contributed by atoms with Crippen LogP contribution in [-0.4, -0.2) is 29.6 Å². The molecule has 0 aliphatic heterocycles. The molecule has 0 saturated heterocycles. The number of benzene rings is 1. The number of rotatable bonds is 8. The lowest BCUT2D eigenvalue weighted by Crippen LogP contribution is -2.52. The summed E-state index contributed by atoms with van der Waals surface area (Å²) in [6.45, 7) is 14.4. The topological polar surface area (TPSA) is 74.5 Å². The number of guanidine groups is 1. The van der Waals surface area contributed by atoms with Gasteiger partial charge in [0.1, 0.15) is 12.3 Å². The van der Waals surface area contributed by atoms with Gasteiger partial charge in [-0.3, -0.25) is 0 Å². The van der Waals surface area contributed by atoms with E-state index < -0.39 is 0 Å². The van der Waals surface area contributed by atoms with Crippen molar-refractivity contribution in [3.8, 4) is 0 Å². The van der Waals surface area contributed by atoms with Crippen LogP contribution in [0, 0.1) is 13.8 Å². The molecule has 0 radical (unpaired) electrons. The molecule has 6 heteroatoms. The minimum Gasteiger partial charge on any atom is -0.444 e. The van der Waals surface area contributed by atoms with Gasteiger partial charge < -0.3 is 20.4 Å². The van der Waals surface area contributed by atoms with Crippen molar-refractivity contribution in [2.24, 2.45) is 4.99 Å². The number of nitrogens with zero attached hydrogens (tertiary/aromatic N) is 2. The zero-order valence-electron chi connectivity index (χ0n) is 17.4. The molecular formula is C21H33N5O. The Morgan fingerprint density at radius 2 is 1.89 bits per heavy atom. The van der Waals surface area contributed by atoms with E-state index in [9.17, 15) is 0 Å². The molecular weight excluding hydrogens is 338 g/mol. The van der Waals surface area contributed by atoms with Crippen LogP contribution in [0.1, 0.15) is 56.6 Å². The number of aryl methyl sites for hydroxylation is 2. The number of nitrogens with one attached hydrogen (secondary N) is 3. The largest absolute Gasteiger partial charge is 0.444 e. The highest BCUT2D eigenvalue weighted by molar-refractivity contribution is 5.79. The highest BCUT2D eigenvalue weighted by atomic mass is 16.4. The Balaban J connectivity index is 1.93. The second-order valence-electron chi connectivity index (χ2n) is 7.46. The third kappa shape index (κ3) is 6.71. The molecule has 0 spiro atoms. The van der Waals surface area contributed by atoms with Gasteiger partial charge in [-0.15, -0.1) is 0 Å². The molecule has 6 nitrogen and oxygen atoms in total. The summed E-state index contributed by atoms with van der Waals surface area (Å²) in [5.41, 5.74) is 2.08. The quantitative estimate of drug-likeness (QED) is 0.489. The van der Waals surface area contributed by atoms with E-state index in [2.05, 4.69) is 77.9 Å². The van der Waals surface area contributed by atoms with Crippen LogP contribution < -0.4 is 16.0 Å². The molecule has 1 unspecified atom stereocenters. The minimum atomic E-state index is -0.110. The maximum atomic E-state index is 5.60. The van der Waals surface area contributed by atoms with E-state index in [4.69, 9.17) is 4.42 Å². The molecule has 0 saturated carbocycles. The van der Waals surface area contributed by atoms with Crippen LogP contribution in [0.3, 0.4) is 0 Å². The molecule has 0 bridgehead atoms. The molecule has 1 atom stereocenters. The molecule has 1 aromatic carbocycles. The van der Waals surface area contributed by atoms with Crippen LogP contribution in [0.2, 0.25) is 0 Å². The molecule has 0 aliphatic rings. The predicted octanol–water partition coefficient (Wildman–Crippen LogP) is 3.48. The monoisotopic (exact) mass is 371 g/mol. The van der Waals surface area contributed by atoms with Crippen LogP contribution in [-0.2, 0) is 6.54 Å². The van der Waals surface area contributed by atoms with Crippen molar-refractivity contribution in [3.63, 3.8) is 0 Å². The molecule has 1 aromatic heterocycles. The van der Waals surface area contributed by atoms with Crippen molar-refractivity contribution >= 4 is 5.96 Å². The second-order valence-corrected chi connectivity index (χ2v) is 7.46. The minimum absolute atomic E-state index is 0.110. The molecule has 3 N–H and O–H groups in total. The Hall–Kier alpha value is -2.34. The van der Waals surface area contributed by atoms with Crippen molar-refractivity contribution in [2.45, 2.75) is 59.7 Å². The molecule has 1 heterocycles. The van der Waals surface area contributed by atoms with Crippen molar-refractivity contribution in [1.29, 1.82) is 0 Å². The average Bonchev–Trinajstić information content (AvgIpc) is 2.95. The van der Waals surface area contributed by atoms with Gasteiger partial charge in [0.15, 0.2) is 5.96 Å². The van der Waals surface area contributed by atoms with Crippen LogP contribution in [0.4, 0.5) is 0 Å². The number of aromatic nitrogens is 1. The lowest BCUT2D eigenvalue weighted by Gasteiger charge is -2.31. The van der Waals surface area contributed by atoms with Gasteiger partial charge in [-0.2, -0.15) is 0 Å². The summed E-state index contributed by atoms with van der Waals surface area (Å²) in [7, 11) is 0. The molecule has 2 aromatic rings. The second kappa shape index (κ2) is 9.55. The highest BCUT2D eigenvalue weighted by Gasteiger charge is 2.21. The van der Waals surface area contributed by atoms with Crippen molar-refractivity contribution in [3.05, 3.63) is 53.2 Å². The molecule has 0 amide bonds. The van der Waals surface area contributed by atoms with Gasteiger partial charge >= 0.3 is 0 Å². The van der Waals surface area contributed by atoms with Gasteiger partial charge in [0, 0.05) is 24.7 Å². The maximum Gasteiger partial charge on any atom is 0.216 e. The van der Waals surface area contributed by atoms with Crippen LogP contribution in [0.5, 0.6) is 0 Å². The first-order valence-electron chi connectivity index (χ1n) is 9.58. The van der Waals surface area contributed by atoms with E-state index in [0.29, 0.717) is 12.4 Å². The lowest BCUT2D eigenvalue weighted by molar-refractivity contribution is 0.344. The highest BCUT2D eigenvalue weighted by Crippen LogP contribution is 2.15. The van der Waals surface area contributed by atoms with Gasteiger partial charge in [0.25, 0.3) is 0 Å². The lowest BCUT2D eigenvalue weighted by atomic mass is 10.0. The van der Waals surface area contributed by atoms with E-state index in [1.807, 2.05) is 19.9 Å². The maximum absolute atomic E-state index is 5.60. The van der Waals surface area contributed by atoms with E-state index in [1.54, 1.807) is 0 Å². The Bertz CT molecular complexity index is 717. The van der Waals surface area contributed by atoms with Crippen molar-refractivity contribution in [1.82, 2.24) is 20.9 Å². The van der Waals surface area contributed by atoms with Crippen LogP contribution >= 0.6 is 0 Å². The molecule has 2 rings (SSSR count). The summed E-state index contributed by atoms with van der Waals surface area (Å²) in [5.74, 6) is 2.24. The summed E-state index contributed by atoms with van der Waals surface area (Å²) in [4.78, 5) is 8.97. The Labute approximate surface area is 162 Å². The zero-order chi connectivity index (χ0) is 19.9. The smallest absolute Gasteiger partial charge is 0.216 e.